The molecule has 2 N–H and O–H groups in total. The van der Waals surface area contributed by atoms with Gasteiger partial charge in [0.05, 0.1) is 11.2 Å². The SMILES string of the molecule is OC12CCCCCCCCCCC1(O)CCC2. The first-order valence-electron chi connectivity index (χ1n) is 7.61. The molecule has 0 radical (unpaired) electrons. The summed E-state index contributed by atoms with van der Waals surface area (Å²) in [7, 11) is 0. The zero-order chi connectivity index (χ0) is 12.2. The van der Waals surface area contributed by atoms with Crippen LogP contribution >= 0.6 is 0 Å². The van der Waals surface area contributed by atoms with Crippen LogP contribution in [0, 0.1) is 0 Å². The highest BCUT2D eigenvalue weighted by molar-refractivity contribution is 5.04. The molecular weight excluding hydrogens is 212 g/mol. The summed E-state index contributed by atoms with van der Waals surface area (Å²) >= 11 is 0. The second-order valence-corrected chi connectivity index (χ2v) is 6.25. The maximum absolute atomic E-state index is 10.7. The van der Waals surface area contributed by atoms with E-state index >= 15 is 0 Å². The Balaban J connectivity index is 1.98. The Morgan fingerprint density at radius 2 is 0.706 bits per heavy atom. The summed E-state index contributed by atoms with van der Waals surface area (Å²) in [6, 6.07) is 0. The molecule has 2 saturated carbocycles. The summed E-state index contributed by atoms with van der Waals surface area (Å²) in [5.41, 5.74) is -1.54. The normalized spacial score (nSPS) is 41.3. The fourth-order valence-electron chi connectivity index (χ4n) is 3.75. The van der Waals surface area contributed by atoms with Crippen molar-refractivity contribution in [3.63, 3.8) is 0 Å². The van der Waals surface area contributed by atoms with Crippen molar-refractivity contribution < 1.29 is 10.2 Å². The zero-order valence-electron chi connectivity index (χ0n) is 11.1. The van der Waals surface area contributed by atoms with E-state index in [9.17, 15) is 10.2 Å². The largest absolute Gasteiger partial charge is 0.387 e. The minimum absolute atomic E-state index is 0.772. The molecule has 2 unspecified atom stereocenters. The van der Waals surface area contributed by atoms with Gasteiger partial charge in [-0.3, -0.25) is 0 Å². The zero-order valence-corrected chi connectivity index (χ0v) is 11.1. The van der Waals surface area contributed by atoms with Crippen LogP contribution in [0.1, 0.15) is 83.5 Å². The Labute approximate surface area is 105 Å². The first-order valence-corrected chi connectivity index (χ1v) is 7.61. The molecule has 0 spiro atoms. The Kier molecular flexibility index (Phi) is 4.48. The number of fused-ring (bicyclic) bond motifs is 1. The maximum Gasteiger partial charge on any atom is 0.0933 e. The molecule has 2 aliphatic rings. The van der Waals surface area contributed by atoms with Gasteiger partial charge in [0.2, 0.25) is 0 Å². The average molecular weight is 240 g/mol. The molecule has 2 heteroatoms. The summed E-state index contributed by atoms with van der Waals surface area (Å²) < 4.78 is 0. The molecule has 17 heavy (non-hydrogen) atoms. The van der Waals surface area contributed by atoms with Gasteiger partial charge in [0, 0.05) is 0 Å². The van der Waals surface area contributed by atoms with Crippen LogP contribution in [-0.2, 0) is 0 Å². The average Bonchev–Trinajstić information content (AvgIpc) is 2.57. The van der Waals surface area contributed by atoms with E-state index in [0.717, 1.165) is 44.9 Å². The molecule has 2 rings (SSSR count). The lowest BCUT2D eigenvalue weighted by Gasteiger charge is -2.39. The molecule has 100 valence electrons. The first-order chi connectivity index (χ1) is 8.16. The summed E-state index contributed by atoms with van der Waals surface area (Å²) in [5, 5.41) is 21.4. The van der Waals surface area contributed by atoms with E-state index in [2.05, 4.69) is 0 Å². The van der Waals surface area contributed by atoms with E-state index in [1.54, 1.807) is 0 Å². The third-order valence-electron chi connectivity index (χ3n) is 4.98. The minimum atomic E-state index is -0.772. The highest BCUT2D eigenvalue weighted by Crippen LogP contribution is 2.45. The van der Waals surface area contributed by atoms with E-state index in [4.69, 9.17) is 0 Å². The van der Waals surface area contributed by atoms with Gasteiger partial charge in [0.15, 0.2) is 0 Å². The molecule has 2 fully saturated rings. The van der Waals surface area contributed by atoms with Crippen LogP contribution in [0.25, 0.3) is 0 Å². The number of aliphatic hydroxyl groups is 2. The molecule has 0 amide bonds. The maximum atomic E-state index is 10.7. The lowest BCUT2D eigenvalue weighted by atomic mass is 9.78. The Morgan fingerprint density at radius 3 is 1.12 bits per heavy atom. The summed E-state index contributed by atoms with van der Waals surface area (Å²) in [5.74, 6) is 0. The fraction of sp³-hybridized carbons (Fsp3) is 1.00. The van der Waals surface area contributed by atoms with Gasteiger partial charge in [-0.15, -0.1) is 0 Å². The van der Waals surface area contributed by atoms with E-state index in [-0.39, 0.29) is 0 Å². The van der Waals surface area contributed by atoms with Crippen LogP contribution in [0.2, 0.25) is 0 Å². The van der Waals surface area contributed by atoms with Crippen LogP contribution in [0.3, 0.4) is 0 Å². The van der Waals surface area contributed by atoms with E-state index < -0.39 is 11.2 Å². The number of hydrogen-bond donors (Lipinski definition) is 2. The Bertz CT molecular complexity index is 217. The number of hydrogen-bond acceptors (Lipinski definition) is 2. The fourth-order valence-corrected chi connectivity index (χ4v) is 3.75. The minimum Gasteiger partial charge on any atom is -0.387 e. The van der Waals surface area contributed by atoms with Gasteiger partial charge in [-0.05, 0) is 32.1 Å². The molecular formula is C15H28O2. The van der Waals surface area contributed by atoms with Crippen molar-refractivity contribution in [2.24, 2.45) is 0 Å². The van der Waals surface area contributed by atoms with Gasteiger partial charge in [-0.25, -0.2) is 0 Å². The monoisotopic (exact) mass is 240 g/mol. The van der Waals surface area contributed by atoms with E-state index in [0.29, 0.717) is 0 Å². The molecule has 0 aromatic heterocycles. The second kappa shape index (κ2) is 5.71. The Hall–Kier alpha value is -0.0800. The molecule has 0 aromatic rings. The quantitative estimate of drug-likeness (QED) is 0.680. The summed E-state index contributed by atoms with van der Waals surface area (Å²) in [6.07, 6.45) is 14.1. The lowest BCUT2D eigenvalue weighted by molar-refractivity contribution is -0.140. The van der Waals surface area contributed by atoms with Crippen molar-refractivity contribution in [2.75, 3.05) is 0 Å². The highest BCUT2D eigenvalue weighted by atomic mass is 16.4. The topological polar surface area (TPSA) is 40.5 Å². The van der Waals surface area contributed by atoms with Crippen LogP contribution in [0.5, 0.6) is 0 Å². The molecule has 2 nitrogen and oxygen atoms in total. The van der Waals surface area contributed by atoms with Crippen molar-refractivity contribution in [1.29, 1.82) is 0 Å². The highest BCUT2D eigenvalue weighted by Gasteiger charge is 2.51. The first kappa shape index (κ1) is 13.4. The van der Waals surface area contributed by atoms with Gasteiger partial charge in [0.1, 0.15) is 0 Å². The predicted octanol–water partition coefficient (Wildman–Crippen LogP) is 3.55. The molecule has 0 heterocycles. The van der Waals surface area contributed by atoms with E-state index in [1.807, 2.05) is 0 Å². The van der Waals surface area contributed by atoms with Gasteiger partial charge >= 0.3 is 0 Å². The molecule has 2 atom stereocenters. The van der Waals surface area contributed by atoms with Gasteiger partial charge < -0.3 is 10.2 Å². The molecule has 0 aromatic carbocycles. The standard InChI is InChI=1S/C15H28O2/c16-14-10-7-5-3-1-2-4-6-8-11-15(14,17)13-9-12-14/h16-17H,1-13H2. The van der Waals surface area contributed by atoms with Gasteiger partial charge in [0.25, 0.3) is 0 Å². The van der Waals surface area contributed by atoms with Crippen molar-refractivity contribution in [3.8, 4) is 0 Å². The van der Waals surface area contributed by atoms with Gasteiger partial charge in [-0.1, -0.05) is 51.4 Å². The van der Waals surface area contributed by atoms with Crippen molar-refractivity contribution in [2.45, 2.75) is 94.7 Å². The predicted molar refractivity (Wildman–Crippen MR) is 69.9 cm³/mol. The Morgan fingerprint density at radius 1 is 0.412 bits per heavy atom. The number of rotatable bonds is 0. The third-order valence-corrected chi connectivity index (χ3v) is 4.98. The molecule has 0 saturated heterocycles. The molecule has 0 aliphatic heterocycles. The van der Waals surface area contributed by atoms with Crippen LogP contribution in [0.15, 0.2) is 0 Å². The van der Waals surface area contributed by atoms with Crippen LogP contribution in [-0.4, -0.2) is 21.4 Å². The van der Waals surface area contributed by atoms with Crippen molar-refractivity contribution in [3.05, 3.63) is 0 Å². The molecule has 0 bridgehead atoms. The van der Waals surface area contributed by atoms with Crippen LogP contribution < -0.4 is 0 Å². The third kappa shape index (κ3) is 3.03. The van der Waals surface area contributed by atoms with Crippen molar-refractivity contribution >= 4 is 0 Å². The summed E-state index contributed by atoms with van der Waals surface area (Å²) in [6.45, 7) is 0. The van der Waals surface area contributed by atoms with Gasteiger partial charge in [-0.2, -0.15) is 0 Å². The molecule has 2 aliphatic carbocycles. The summed E-state index contributed by atoms with van der Waals surface area (Å²) in [4.78, 5) is 0. The second-order valence-electron chi connectivity index (χ2n) is 6.25. The smallest absolute Gasteiger partial charge is 0.0933 e. The lowest BCUT2D eigenvalue weighted by Crippen LogP contribution is -2.49. The van der Waals surface area contributed by atoms with Crippen molar-refractivity contribution in [1.82, 2.24) is 0 Å². The van der Waals surface area contributed by atoms with Crippen LogP contribution in [0.4, 0.5) is 0 Å². The van der Waals surface area contributed by atoms with E-state index in [1.165, 1.54) is 38.5 Å².